The molecule has 0 rings (SSSR count). The van der Waals surface area contributed by atoms with Crippen molar-refractivity contribution in [3.8, 4) is 0 Å². The van der Waals surface area contributed by atoms with Gasteiger partial charge in [0.15, 0.2) is 0 Å². The summed E-state index contributed by atoms with van der Waals surface area (Å²) >= 11 is 1.84. The normalized spacial score (nSPS) is 14.4. The predicted molar refractivity (Wildman–Crippen MR) is 74.0 cm³/mol. The molecule has 0 atom stereocenters. The molecule has 0 heterocycles. The van der Waals surface area contributed by atoms with E-state index in [0.29, 0.717) is 0 Å². The summed E-state index contributed by atoms with van der Waals surface area (Å²) in [6.45, 7) is 15.9. The lowest BCUT2D eigenvalue weighted by Crippen LogP contribution is -2.26. The molecule has 0 aromatic heterocycles. The molecule has 0 bridgehead atoms. The SMILES string of the molecule is CCS/C(=C/[Si](C)(C)C)O[Si](C)(C)C. The molecule has 0 amide bonds. The third kappa shape index (κ3) is 8.90. The maximum Gasteiger partial charge on any atom is 0.242 e. The third-order valence-corrected chi connectivity index (χ3v) is 4.34. The van der Waals surface area contributed by atoms with E-state index in [1.165, 1.54) is 5.09 Å². The molecule has 0 N–H and O–H groups in total. The lowest BCUT2D eigenvalue weighted by atomic mass is 11.0. The molecule has 0 radical (unpaired) electrons. The van der Waals surface area contributed by atoms with Crippen molar-refractivity contribution in [1.29, 1.82) is 0 Å². The zero-order valence-corrected chi connectivity index (χ0v) is 13.4. The molecule has 0 aliphatic heterocycles. The maximum absolute atomic E-state index is 6.05. The maximum atomic E-state index is 6.05. The largest absolute Gasteiger partial charge is 0.540 e. The molecule has 0 spiro atoms. The van der Waals surface area contributed by atoms with Gasteiger partial charge in [-0.15, -0.1) is 0 Å². The molecule has 4 heteroatoms. The van der Waals surface area contributed by atoms with Crippen LogP contribution >= 0.6 is 11.8 Å². The summed E-state index contributed by atoms with van der Waals surface area (Å²) in [6, 6.07) is 0. The smallest absolute Gasteiger partial charge is 0.242 e. The van der Waals surface area contributed by atoms with E-state index in [0.717, 1.165) is 5.75 Å². The summed E-state index contributed by atoms with van der Waals surface area (Å²) in [7, 11) is -2.57. The monoisotopic (exact) mass is 248 g/mol. The molecule has 14 heavy (non-hydrogen) atoms. The minimum absolute atomic E-state index is 1.10. The van der Waals surface area contributed by atoms with Crippen molar-refractivity contribution in [3.63, 3.8) is 0 Å². The fraction of sp³-hybridized carbons (Fsp3) is 0.800. The van der Waals surface area contributed by atoms with E-state index < -0.39 is 16.4 Å². The average molecular weight is 249 g/mol. The van der Waals surface area contributed by atoms with Crippen LogP contribution in [0.15, 0.2) is 10.8 Å². The first-order valence-electron chi connectivity index (χ1n) is 5.19. The summed E-state index contributed by atoms with van der Waals surface area (Å²) in [5, 5.41) is 1.17. The Balaban J connectivity index is 4.53. The van der Waals surface area contributed by atoms with Gasteiger partial charge in [-0.25, -0.2) is 0 Å². The summed E-state index contributed by atoms with van der Waals surface area (Å²) < 4.78 is 6.05. The second-order valence-corrected chi connectivity index (χ2v) is 16.2. The Morgan fingerprint density at radius 3 is 1.93 bits per heavy atom. The Morgan fingerprint density at radius 1 is 1.14 bits per heavy atom. The highest BCUT2D eigenvalue weighted by atomic mass is 32.2. The molecule has 1 nitrogen and oxygen atoms in total. The Morgan fingerprint density at radius 2 is 1.64 bits per heavy atom. The summed E-state index contributed by atoms with van der Waals surface area (Å²) in [5.41, 5.74) is 2.37. The van der Waals surface area contributed by atoms with Crippen LogP contribution in [0.3, 0.4) is 0 Å². The molecule has 0 saturated heterocycles. The lowest BCUT2D eigenvalue weighted by molar-refractivity contribution is 0.464. The van der Waals surface area contributed by atoms with Gasteiger partial charge in [-0.3, -0.25) is 0 Å². The van der Waals surface area contributed by atoms with Crippen LogP contribution in [0, 0.1) is 0 Å². The van der Waals surface area contributed by atoms with Crippen LogP contribution in [0.5, 0.6) is 0 Å². The average Bonchev–Trinajstić information content (AvgIpc) is 1.78. The van der Waals surface area contributed by atoms with Crippen molar-refractivity contribution >= 4 is 28.2 Å². The highest BCUT2D eigenvalue weighted by Gasteiger charge is 2.20. The Kier molecular flexibility index (Phi) is 5.54. The Labute approximate surface area is 95.5 Å². The van der Waals surface area contributed by atoms with E-state index in [4.69, 9.17) is 4.43 Å². The van der Waals surface area contributed by atoms with E-state index in [-0.39, 0.29) is 0 Å². The van der Waals surface area contributed by atoms with Gasteiger partial charge >= 0.3 is 0 Å². The molecule has 0 fully saturated rings. The minimum atomic E-state index is -1.42. The van der Waals surface area contributed by atoms with Crippen LogP contribution in [-0.2, 0) is 4.43 Å². The summed E-state index contributed by atoms with van der Waals surface area (Å²) in [5.74, 6) is 1.10. The first kappa shape index (κ1) is 14.3. The van der Waals surface area contributed by atoms with Gasteiger partial charge in [0, 0.05) is 0 Å². The third-order valence-electron chi connectivity index (χ3n) is 1.24. The van der Waals surface area contributed by atoms with Crippen molar-refractivity contribution in [2.75, 3.05) is 5.75 Å². The molecule has 0 unspecified atom stereocenters. The van der Waals surface area contributed by atoms with Crippen molar-refractivity contribution in [1.82, 2.24) is 0 Å². The molecule has 0 aromatic carbocycles. The number of rotatable bonds is 5. The molecule has 0 aliphatic rings. The first-order valence-corrected chi connectivity index (χ1v) is 13.2. The second-order valence-electron chi connectivity index (χ2n) is 5.48. The van der Waals surface area contributed by atoms with E-state index in [9.17, 15) is 0 Å². The van der Waals surface area contributed by atoms with Gasteiger partial charge in [-0.1, -0.05) is 38.3 Å². The van der Waals surface area contributed by atoms with Gasteiger partial charge in [0.1, 0.15) is 5.09 Å². The lowest BCUT2D eigenvalue weighted by Gasteiger charge is -2.23. The van der Waals surface area contributed by atoms with Gasteiger partial charge in [0.05, 0.1) is 8.07 Å². The first-order chi connectivity index (χ1) is 6.14. The fourth-order valence-electron chi connectivity index (χ4n) is 0.898. The molecule has 0 aliphatic carbocycles. The highest BCUT2D eigenvalue weighted by Crippen LogP contribution is 2.24. The van der Waals surface area contributed by atoms with E-state index >= 15 is 0 Å². The van der Waals surface area contributed by atoms with Crippen molar-refractivity contribution in [2.24, 2.45) is 0 Å². The highest BCUT2D eigenvalue weighted by molar-refractivity contribution is 8.02. The molecular formula is C10H24OSSi2. The Bertz CT molecular complexity index is 201. The standard InChI is InChI=1S/C10H24OSSi2/c1-8-12-10(9-13(2,3)4)11-14(5,6)7/h9H,8H2,1-7H3/b10-9+. The molecular weight excluding hydrogens is 224 g/mol. The molecule has 0 aromatic rings. The summed E-state index contributed by atoms with van der Waals surface area (Å²) in [4.78, 5) is 0. The fourth-order valence-corrected chi connectivity index (χ4v) is 5.11. The number of hydrogen-bond donors (Lipinski definition) is 0. The van der Waals surface area contributed by atoms with E-state index in [1.54, 1.807) is 0 Å². The van der Waals surface area contributed by atoms with E-state index in [1.807, 2.05) is 11.8 Å². The predicted octanol–water partition coefficient (Wildman–Crippen LogP) is 4.31. The second kappa shape index (κ2) is 5.42. The zero-order chi connectivity index (χ0) is 11.4. The van der Waals surface area contributed by atoms with Crippen LogP contribution in [0.4, 0.5) is 0 Å². The van der Waals surface area contributed by atoms with Crippen molar-refractivity contribution < 1.29 is 4.43 Å². The van der Waals surface area contributed by atoms with Gasteiger partial charge in [0.25, 0.3) is 0 Å². The minimum Gasteiger partial charge on any atom is -0.540 e. The van der Waals surface area contributed by atoms with Crippen LogP contribution in [-0.4, -0.2) is 22.1 Å². The van der Waals surface area contributed by atoms with Crippen LogP contribution in [0.2, 0.25) is 39.3 Å². The van der Waals surface area contributed by atoms with Crippen LogP contribution in [0.1, 0.15) is 6.92 Å². The van der Waals surface area contributed by atoms with Crippen LogP contribution in [0.25, 0.3) is 0 Å². The molecule has 84 valence electrons. The van der Waals surface area contributed by atoms with E-state index in [2.05, 4.69) is 51.9 Å². The van der Waals surface area contributed by atoms with Gasteiger partial charge in [-0.05, 0) is 31.1 Å². The number of hydrogen-bond acceptors (Lipinski definition) is 2. The van der Waals surface area contributed by atoms with Gasteiger partial charge in [-0.2, -0.15) is 0 Å². The Hall–Kier alpha value is 0.324. The van der Waals surface area contributed by atoms with Gasteiger partial charge in [0.2, 0.25) is 8.32 Å². The zero-order valence-electron chi connectivity index (χ0n) is 10.6. The van der Waals surface area contributed by atoms with Crippen molar-refractivity contribution in [2.45, 2.75) is 46.2 Å². The molecule has 0 saturated carbocycles. The van der Waals surface area contributed by atoms with Crippen LogP contribution < -0.4 is 0 Å². The van der Waals surface area contributed by atoms with Gasteiger partial charge < -0.3 is 4.43 Å². The summed E-state index contributed by atoms with van der Waals surface area (Å²) in [6.07, 6.45) is 0. The quantitative estimate of drug-likeness (QED) is 0.530. The van der Waals surface area contributed by atoms with Crippen molar-refractivity contribution in [3.05, 3.63) is 10.8 Å². The topological polar surface area (TPSA) is 9.23 Å². The number of thioether (sulfide) groups is 1.